The predicted molar refractivity (Wildman–Crippen MR) is 44.4 cm³/mol. The van der Waals surface area contributed by atoms with Crippen LogP contribution >= 0.6 is 0 Å². The van der Waals surface area contributed by atoms with Crippen molar-refractivity contribution in [3.63, 3.8) is 0 Å². The number of hydrogen-bond acceptors (Lipinski definition) is 2. The zero-order valence-corrected chi connectivity index (χ0v) is 6.28. The first-order valence-corrected chi connectivity index (χ1v) is 3.35. The normalized spacial score (nSPS) is 11.5. The van der Waals surface area contributed by atoms with Gasteiger partial charge in [-0.25, -0.2) is 0 Å². The van der Waals surface area contributed by atoms with Crippen LogP contribution in [0.3, 0.4) is 0 Å². The second-order valence-corrected chi connectivity index (χ2v) is 2.34. The SMILES string of the molecule is CC(O)=Cc1ccccc1O. The molecule has 0 saturated heterocycles. The number of phenols is 1. The fourth-order valence-electron chi connectivity index (χ4n) is 0.835. The first-order valence-electron chi connectivity index (χ1n) is 3.35. The zero-order chi connectivity index (χ0) is 8.27. The van der Waals surface area contributed by atoms with Gasteiger partial charge in [-0.1, -0.05) is 18.2 Å². The van der Waals surface area contributed by atoms with Gasteiger partial charge in [0.2, 0.25) is 0 Å². The predicted octanol–water partition coefficient (Wildman–Crippen LogP) is 2.31. The van der Waals surface area contributed by atoms with Crippen LogP contribution in [-0.4, -0.2) is 10.2 Å². The van der Waals surface area contributed by atoms with Crippen LogP contribution in [0.1, 0.15) is 12.5 Å². The lowest BCUT2D eigenvalue weighted by Gasteiger charge is -1.96. The molecule has 0 bridgehead atoms. The van der Waals surface area contributed by atoms with Gasteiger partial charge in [-0.3, -0.25) is 0 Å². The Labute approximate surface area is 65.4 Å². The molecule has 1 rings (SSSR count). The molecule has 0 amide bonds. The number of phenolic OH excluding ortho intramolecular Hbond substituents is 1. The third-order valence-electron chi connectivity index (χ3n) is 1.30. The molecule has 11 heavy (non-hydrogen) atoms. The lowest BCUT2D eigenvalue weighted by molar-refractivity contribution is 0.419. The van der Waals surface area contributed by atoms with Gasteiger partial charge in [0.05, 0.1) is 5.76 Å². The Balaban J connectivity index is 3.04. The van der Waals surface area contributed by atoms with Crippen LogP contribution in [0.5, 0.6) is 5.75 Å². The van der Waals surface area contributed by atoms with Crippen LogP contribution in [0.2, 0.25) is 0 Å². The van der Waals surface area contributed by atoms with Gasteiger partial charge < -0.3 is 10.2 Å². The van der Waals surface area contributed by atoms with E-state index in [1.165, 1.54) is 6.08 Å². The number of aliphatic hydroxyl groups is 1. The molecule has 1 aromatic carbocycles. The lowest BCUT2D eigenvalue weighted by Crippen LogP contribution is -1.75. The Morgan fingerprint density at radius 3 is 2.55 bits per heavy atom. The number of rotatable bonds is 1. The van der Waals surface area contributed by atoms with Gasteiger partial charge in [-0.05, 0) is 19.1 Å². The van der Waals surface area contributed by atoms with Gasteiger partial charge in [0.15, 0.2) is 0 Å². The van der Waals surface area contributed by atoms with Gasteiger partial charge >= 0.3 is 0 Å². The van der Waals surface area contributed by atoms with E-state index in [4.69, 9.17) is 5.11 Å². The summed E-state index contributed by atoms with van der Waals surface area (Å²) < 4.78 is 0. The van der Waals surface area contributed by atoms with Gasteiger partial charge in [-0.15, -0.1) is 0 Å². The summed E-state index contributed by atoms with van der Waals surface area (Å²) in [6.45, 7) is 1.56. The van der Waals surface area contributed by atoms with Crippen molar-refractivity contribution in [2.45, 2.75) is 6.92 Å². The number of para-hydroxylation sites is 1. The molecule has 0 spiro atoms. The summed E-state index contributed by atoms with van der Waals surface area (Å²) in [5.74, 6) is 0.368. The molecule has 0 aromatic heterocycles. The van der Waals surface area contributed by atoms with E-state index in [-0.39, 0.29) is 11.5 Å². The monoisotopic (exact) mass is 150 g/mol. The summed E-state index contributed by atoms with van der Waals surface area (Å²) in [7, 11) is 0. The first kappa shape index (κ1) is 7.66. The third-order valence-corrected chi connectivity index (χ3v) is 1.30. The highest BCUT2D eigenvalue weighted by atomic mass is 16.3. The standard InChI is InChI=1S/C9H10O2/c1-7(10)6-8-4-2-3-5-9(8)11/h2-6,10-11H,1H3. The van der Waals surface area contributed by atoms with Crippen molar-refractivity contribution in [1.29, 1.82) is 0 Å². The van der Waals surface area contributed by atoms with Gasteiger partial charge in [-0.2, -0.15) is 0 Å². The topological polar surface area (TPSA) is 40.5 Å². The number of benzene rings is 1. The Hall–Kier alpha value is -1.44. The molecule has 2 nitrogen and oxygen atoms in total. The van der Waals surface area contributed by atoms with E-state index in [0.29, 0.717) is 5.56 Å². The summed E-state index contributed by atoms with van der Waals surface area (Å²) in [6, 6.07) is 6.84. The molecule has 0 aliphatic carbocycles. The summed E-state index contributed by atoms with van der Waals surface area (Å²) in [5, 5.41) is 18.1. The van der Waals surface area contributed by atoms with Crippen molar-refractivity contribution < 1.29 is 10.2 Å². The highest BCUT2D eigenvalue weighted by Crippen LogP contribution is 2.17. The highest BCUT2D eigenvalue weighted by Gasteiger charge is 1.94. The largest absolute Gasteiger partial charge is 0.513 e. The number of aromatic hydroxyl groups is 1. The molecular formula is C9H10O2. The first-order chi connectivity index (χ1) is 5.20. The molecule has 0 atom stereocenters. The molecular weight excluding hydrogens is 140 g/mol. The quantitative estimate of drug-likeness (QED) is 0.603. The highest BCUT2D eigenvalue weighted by molar-refractivity contribution is 5.57. The summed E-state index contributed by atoms with van der Waals surface area (Å²) >= 11 is 0. The van der Waals surface area contributed by atoms with Crippen molar-refractivity contribution in [2.75, 3.05) is 0 Å². The summed E-state index contributed by atoms with van der Waals surface area (Å²) in [6.07, 6.45) is 1.51. The maximum Gasteiger partial charge on any atom is 0.122 e. The molecule has 2 heteroatoms. The minimum absolute atomic E-state index is 0.181. The minimum atomic E-state index is 0.181. The zero-order valence-electron chi connectivity index (χ0n) is 6.28. The van der Waals surface area contributed by atoms with Crippen molar-refractivity contribution in [3.05, 3.63) is 35.6 Å². The molecule has 0 unspecified atom stereocenters. The van der Waals surface area contributed by atoms with Crippen LogP contribution in [0.25, 0.3) is 6.08 Å². The third kappa shape index (κ3) is 2.00. The summed E-state index contributed by atoms with van der Waals surface area (Å²) in [5.41, 5.74) is 0.632. The molecule has 58 valence electrons. The van der Waals surface area contributed by atoms with Crippen LogP contribution in [0.15, 0.2) is 30.0 Å². The van der Waals surface area contributed by atoms with Crippen molar-refractivity contribution >= 4 is 6.08 Å². The molecule has 0 aliphatic rings. The van der Waals surface area contributed by atoms with E-state index >= 15 is 0 Å². The molecule has 2 N–H and O–H groups in total. The lowest BCUT2D eigenvalue weighted by atomic mass is 10.2. The van der Waals surface area contributed by atoms with Crippen LogP contribution in [-0.2, 0) is 0 Å². The van der Waals surface area contributed by atoms with Crippen LogP contribution in [0, 0.1) is 0 Å². The molecule has 0 heterocycles. The summed E-state index contributed by atoms with van der Waals surface area (Å²) in [4.78, 5) is 0. The van der Waals surface area contributed by atoms with Crippen LogP contribution < -0.4 is 0 Å². The molecule has 0 fully saturated rings. The molecule has 0 aliphatic heterocycles. The fraction of sp³-hybridized carbons (Fsp3) is 0.111. The molecule has 0 radical (unpaired) electrons. The van der Waals surface area contributed by atoms with E-state index < -0.39 is 0 Å². The van der Waals surface area contributed by atoms with E-state index in [1.54, 1.807) is 31.2 Å². The smallest absolute Gasteiger partial charge is 0.122 e. The Bertz CT molecular complexity index is 273. The Morgan fingerprint density at radius 2 is 2.00 bits per heavy atom. The number of allylic oxidation sites excluding steroid dienone is 1. The second-order valence-electron chi connectivity index (χ2n) is 2.34. The minimum Gasteiger partial charge on any atom is -0.513 e. The Morgan fingerprint density at radius 1 is 1.36 bits per heavy atom. The molecule has 1 aromatic rings. The average Bonchev–Trinajstić information content (AvgIpc) is 1.93. The maximum absolute atomic E-state index is 9.20. The van der Waals surface area contributed by atoms with Gasteiger partial charge in [0, 0.05) is 5.56 Å². The van der Waals surface area contributed by atoms with Crippen LogP contribution in [0.4, 0.5) is 0 Å². The van der Waals surface area contributed by atoms with E-state index in [9.17, 15) is 5.11 Å². The number of hydrogen-bond donors (Lipinski definition) is 2. The van der Waals surface area contributed by atoms with E-state index in [2.05, 4.69) is 0 Å². The van der Waals surface area contributed by atoms with Crippen molar-refractivity contribution in [3.8, 4) is 5.75 Å². The van der Waals surface area contributed by atoms with Gasteiger partial charge in [0.25, 0.3) is 0 Å². The van der Waals surface area contributed by atoms with E-state index in [0.717, 1.165) is 0 Å². The van der Waals surface area contributed by atoms with Gasteiger partial charge in [0.1, 0.15) is 5.75 Å². The molecule has 0 saturated carbocycles. The number of aliphatic hydroxyl groups excluding tert-OH is 1. The van der Waals surface area contributed by atoms with E-state index in [1.807, 2.05) is 0 Å². The van der Waals surface area contributed by atoms with Crippen molar-refractivity contribution in [1.82, 2.24) is 0 Å². The Kier molecular flexibility index (Phi) is 2.16. The average molecular weight is 150 g/mol. The maximum atomic E-state index is 9.20. The second kappa shape index (κ2) is 3.10. The fourth-order valence-corrected chi connectivity index (χ4v) is 0.835. The van der Waals surface area contributed by atoms with Crippen molar-refractivity contribution in [2.24, 2.45) is 0 Å².